The summed E-state index contributed by atoms with van der Waals surface area (Å²) in [6.07, 6.45) is 77.7. The van der Waals surface area contributed by atoms with E-state index in [1.54, 1.807) is 6.08 Å². The average Bonchev–Trinajstić information content (AvgIpc) is 3.37. The van der Waals surface area contributed by atoms with E-state index >= 15 is 0 Å². The Bertz CT molecular complexity index is 1400. The molecule has 0 aromatic rings. The smallest absolute Gasteiger partial charge is 0.268 e. The van der Waals surface area contributed by atoms with Crippen LogP contribution >= 0.6 is 7.82 Å². The lowest BCUT2D eigenvalue weighted by Crippen LogP contribution is -2.45. The predicted molar refractivity (Wildman–Crippen MR) is 325 cm³/mol. The van der Waals surface area contributed by atoms with E-state index in [0.717, 1.165) is 51.4 Å². The molecule has 0 spiro atoms. The summed E-state index contributed by atoms with van der Waals surface area (Å²) in [7, 11) is 1.24. The number of allylic oxidation sites excluding steroid dienone is 9. The molecule has 0 aliphatic carbocycles. The van der Waals surface area contributed by atoms with Gasteiger partial charge < -0.3 is 28.8 Å². The second-order valence-corrected chi connectivity index (χ2v) is 24.5. The van der Waals surface area contributed by atoms with Crippen LogP contribution in [0.1, 0.15) is 303 Å². The highest BCUT2D eigenvalue weighted by molar-refractivity contribution is 7.45. The maximum absolute atomic E-state index is 13.0. The molecule has 0 fully saturated rings. The maximum atomic E-state index is 13.0. The van der Waals surface area contributed by atoms with Crippen LogP contribution in [0.5, 0.6) is 0 Å². The van der Waals surface area contributed by atoms with Gasteiger partial charge in [-0.25, -0.2) is 0 Å². The molecule has 3 atom stereocenters. The molecule has 0 aliphatic rings. The number of nitrogens with zero attached hydrogens (tertiary/aromatic N) is 1. The number of hydrogen-bond donors (Lipinski definition) is 2. The number of quaternary nitrogens is 1. The minimum atomic E-state index is -4.61. The van der Waals surface area contributed by atoms with Crippen LogP contribution in [0.15, 0.2) is 60.8 Å². The van der Waals surface area contributed by atoms with Crippen LogP contribution in [-0.4, -0.2) is 68.5 Å². The van der Waals surface area contributed by atoms with Crippen molar-refractivity contribution in [1.82, 2.24) is 5.32 Å². The van der Waals surface area contributed by atoms with Crippen LogP contribution in [-0.2, 0) is 18.4 Å². The van der Waals surface area contributed by atoms with Crippen molar-refractivity contribution in [1.29, 1.82) is 0 Å². The third-order valence-corrected chi connectivity index (χ3v) is 15.4. The molecule has 0 aromatic carbocycles. The van der Waals surface area contributed by atoms with Crippen LogP contribution in [0, 0.1) is 0 Å². The molecule has 0 saturated carbocycles. The molecule has 0 saturated heterocycles. The molecule has 0 rings (SSSR count). The molecule has 440 valence electrons. The quantitative estimate of drug-likeness (QED) is 0.0272. The maximum Gasteiger partial charge on any atom is 0.268 e. The Morgan fingerprint density at radius 1 is 0.467 bits per heavy atom. The number of amides is 1. The number of carbonyl (C=O) groups excluding carboxylic acids is 1. The Balaban J connectivity index is 3.98. The molecule has 75 heavy (non-hydrogen) atoms. The van der Waals surface area contributed by atoms with Crippen molar-refractivity contribution in [2.45, 2.75) is 315 Å². The zero-order valence-corrected chi connectivity index (χ0v) is 51.1. The van der Waals surface area contributed by atoms with Gasteiger partial charge in [-0.2, -0.15) is 0 Å². The summed E-state index contributed by atoms with van der Waals surface area (Å²) in [5, 5.41) is 13.9. The first-order chi connectivity index (χ1) is 36.5. The third-order valence-electron chi connectivity index (χ3n) is 14.4. The van der Waals surface area contributed by atoms with E-state index in [2.05, 4.69) is 67.8 Å². The lowest BCUT2D eigenvalue weighted by molar-refractivity contribution is -0.870. The molecule has 0 aliphatic heterocycles. The highest BCUT2D eigenvalue weighted by atomic mass is 31.2. The SMILES string of the molecule is CCCCCCC/C=C\C/C=C\CCCCCCCCCCCCCCCCCCCCCCCCCCCC(=O)NC(COP(=O)([O-])OCC[N+](C)(C)C)C(O)/C=C/CC/C=C/CC/C=C/CCCCCCCC. The molecule has 9 heteroatoms. The van der Waals surface area contributed by atoms with E-state index in [1.807, 2.05) is 27.2 Å². The van der Waals surface area contributed by atoms with Crippen LogP contribution in [0.4, 0.5) is 0 Å². The van der Waals surface area contributed by atoms with Gasteiger partial charge in [-0.15, -0.1) is 0 Å². The van der Waals surface area contributed by atoms with Gasteiger partial charge in [-0.1, -0.05) is 280 Å². The molecular weight excluding hydrogens is 948 g/mol. The lowest BCUT2D eigenvalue weighted by atomic mass is 10.0. The predicted octanol–water partition coefficient (Wildman–Crippen LogP) is 19.4. The molecule has 3 unspecified atom stereocenters. The summed E-state index contributed by atoms with van der Waals surface area (Å²) < 4.78 is 23.3. The van der Waals surface area contributed by atoms with Crippen LogP contribution < -0.4 is 10.2 Å². The minimum absolute atomic E-state index is 0.00880. The molecule has 0 heterocycles. The van der Waals surface area contributed by atoms with Gasteiger partial charge in [0.2, 0.25) is 5.91 Å². The highest BCUT2D eigenvalue weighted by Gasteiger charge is 2.23. The third kappa shape index (κ3) is 59.7. The van der Waals surface area contributed by atoms with Gasteiger partial charge in [-0.3, -0.25) is 9.36 Å². The fraction of sp³-hybridized carbons (Fsp3) is 0.833. The van der Waals surface area contributed by atoms with Gasteiger partial charge in [-0.05, 0) is 77.0 Å². The normalized spacial score (nSPS) is 14.2. The Labute approximate surface area is 466 Å². The van der Waals surface area contributed by atoms with Gasteiger partial charge in [0, 0.05) is 6.42 Å². The average molecular weight is 1070 g/mol. The van der Waals surface area contributed by atoms with Gasteiger partial charge in [0.25, 0.3) is 7.82 Å². The fourth-order valence-corrected chi connectivity index (χ4v) is 10.1. The van der Waals surface area contributed by atoms with Crippen molar-refractivity contribution < 1.29 is 32.9 Å². The van der Waals surface area contributed by atoms with E-state index < -0.39 is 26.6 Å². The summed E-state index contributed by atoms with van der Waals surface area (Å²) in [6.45, 7) is 4.62. The monoisotopic (exact) mass is 1070 g/mol. The van der Waals surface area contributed by atoms with E-state index in [4.69, 9.17) is 9.05 Å². The van der Waals surface area contributed by atoms with Gasteiger partial charge in [0.15, 0.2) is 0 Å². The number of aliphatic hydroxyl groups is 1. The van der Waals surface area contributed by atoms with E-state index in [1.165, 1.54) is 231 Å². The molecule has 0 bridgehead atoms. The molecule has 1 amide bonds. The van der Waals surface area contributed by atoms with Crippen molar-refractivity contribution in [3.8, 4) is 0 Å². The number of hydrogen-bond acceptors (Lipinski definition) is 6. The van der Waals surface area contributed by atoms with E-state index in [0.29, 0.717) is 17.4 Å². The number of nitrogens with one attached hydrogen (secondary N) is 1. The molecule has 0 aromatic heterocycles. The van der Waals surface area contributed by atoms with Crippen molar-refractivity contribution in [3.05, 3.63) is 60.8 Å². The highest BCUT2D eigenvalue weighted by Crippen LogP contribution is 2.38. The van der Waals surface area contributed by atoms with Crippen molar-refractivity contribution in [2.24, 2.45) is 0 Å². The molecule has 0 radical (unpaired) electrons. The Hall–Kier alpha value is -1.80. The summed E-state index contributed by atoms with van der Waals surface area (Å²) in [6, 6.07) is -0.910. The van der Waals surface area contributed by atoms with Crippen LogP contribution in [0.2, 0.25) is 0 Å². The van der Waals surface area contributed by atoms with Gasteiger partial charge in [0.1, 0.15) is 13.2 Å². The standard InChI is InChI=1S/C66H125N2O6P/c1-6-8-10-12-14-16-18-20-22-24-25-26-27-28-29-30-31-32-33-34-35-36-37-38-39-40-41-42-43-44-46-48-50-52-54-56-58-60-66(70)67-64(63-74-75(71,72)73-62-61-68(3,4)5)65(69)59-57-55-53-51-49-47-45-23-21-19-17-15-13-11-9-7-2/h18,20-21,23-25,49,51,57,59,64-65,69H,6-17,19,22,26-48,50,52-56,58,60-63H2,1-5H3,(H-,67,70,71,72)/b20-18-,23-21+,25-24-,51-49+,59-57+. The zero-order valence-electron chi connectivity index (χ0n) is 50.3. The zero-order chi connectivity index (χ0) is 54.9. The number of rotatable bonds is 59. The van der Waals surface area contributed by atoms with Crippen molar-refractivity contribution >= 4 is 13.7 Å². The molecule has 2 N–H and O–H groups in total. The Morgan fingerprint density at radius 3 is 1.16 bits per heavy atom. The summed E-state index contributed by atoms with van der Waals surface area (Å²) in [5.74, 6) is -0.208. The number of phosphoric acid groups is 1. The van der Waals surface area contributed by atoms with Crippen molar-refractivity contribution in [2.75, 3.05) is 40.9 Å². The first kappa shape index (κ1) is 73.2. The van der Waals surface area contributed by atoms with Crippen LogP contribution in [0.3, 0.4) is 0 Å². The lowest BCUT2D eigenvalue weighted by Gasteiger charge is -2.29. The van der Waals surface area contributed by atoms with Gasteiger partial charge in [0.05, 0.1) is 39.9 Å². The second-order valence-electron chi connectivity index (χ2n) is 23.1. The topological polar surface area (TPSA) is 108 Å². The van der Waals surface area contributed by atoms with E-state index in [9.17, 15) is 19.4 Å². The number of aliphatic hydroxyl groups excluding tert-OH is 1. The Kier molecular flexibility index (Phi) is 55.5. The minimum Gasteiger partial charge on any atom is -0.756 e. The second kappa shape index (κ2) is 56.9. The number of phosphoric ester groups is 1. The summed E-state index contributed by atoms with van der Waals surface area (Å²) in [5.41, 5.74) is 0. The fourth-order valence-electron chi connectivity index (χ4n) is 9.39. The van der Waals surface area contributed by atoms with Crippen molar-refractivity contribution in [3.63, 3.8) is 0 Å². The summed E-state index contributed by atoms with van der Waals surface area (Å²) in [4.78, 5) is 25.5. The molecule has 8 nitrogen and oxygen atoms in total. The largest absolute Gasteiger partial charge is 0.756 e. The number of likely N-dealkylation sites (N-methyl/N-ethyl adjacent to an activating group) is 1. The molecular formula is C66H125N2O6P. The summed E-state index contributed by atoms with van der Waals surface area (Å²) >= 11 is 0. The van der Waals surface area contributed by atoms with Crippen LogP contribution in [0.25, 0.3) is 0 Å². The van der Waals surface area contributed by atoms with E-state index in [-0.39, 0.29) is 12.5 Å². The Morgan fingerprint density at radius 2 is 0.787 bits per heavy atom. The number of carbonyl (C=O) groups is 1. The first-order valence-electron chi connectivity index (χ1n) is 32.2. The number of unbranched alkanes of at least 4 members (excludes halogenated alkanes) is 38. The first-order valence-corrected chi connectivity index (χ1v) is 33.6. The van der Waals surface area contributed by atoms with Gasteiger partial charge >= 0.3 is 0 Å².